The number of anilines is 1. The van der Waals surface area contributed by atoms with Gasteiger partial charge in [0.05, 0.1) is 29.6 Å². The molecule has 3 aliphatic rings. The second-order valence-corrected chi connectivity index (χ2v) is 11.5. The number of aromatic nitrogens is 7. The van der Waals surface area contributed by atoms with Gasteiger partial charge in [-0.1, -0.05) is 12.1 Å². The first kappa shape index (κ1) is 27.1. The van der Waals surface area contributed by atoms with Crippen molar-refractivity contribution in [2.75, 3.05) is 11.9 Å². The smallest absolute Gasteiger partial charge is 0.230 e. The van der Waals surface area contributed by atoms with Gasteiger partial charge in [0.15, 0.2) is 11.4 Å². The number of halogens is 1. The Balaban J connectivity index is 1.24. The van der Waals surface area contributed by atoms with Crippen molar-refractivity contribution in [1.29, 1.82) is 0 Å². The molecule has 7 rings (SSSR count). The van der Waals surface area contributed by atoms with Gasteiger partial charge in [0.25, 0.3) is 0 Å². The average Bonchev–Trinajstić information content (AvgIpc) is 3.75. The highest BCUT2D eigenvalue weighted by Gasteiger charge is 2.45. The Labute approximate surface area is 247 Å². The van der Waals surface area contributed by atoms with Crippen LogP contribution in [-0.2, 0) is 11.2 Å². The Morgan fingerprint density at radius 2 is 1.98 bits per heavy atom. The number of hydrogen-bond acceptors (Lipinski definition) is 8. The van der Waals surface area contributed by atoms with Crippen LogP contribution in [0.3, 0.4) is 0 Å². The fourth-order valence-corrected chi connectivity index (χ4v) is 6.89. The molecule has 0 aliphatic carbocycles. The molecule has 0 radical (unpaired) electrons. The van der Waals surface area contributed by atoms with Crippen molar-refractivity contribution in [2.24, 2.45) is 0 Å². The number of amides is 1. The van der Waals surface area contributed by atoms with E-state index in [1.165, 1.54) is 12.4 Å². The highest BCUT2D eigenvalue weighted by molar-refractivity contribution is 6.04. The van der Waals surface area contributed by atoms with Crippen molar-refractivity contribution in [1.82, 2.24) is 39.7 Å². The van der Waals surface area contributed by atoms with E-state index in [0.29, 0.717) is 47.1 Å². The van der Waals surface area contributed by atoms with Gasteiger partial charge in [0, 0.05) is 53.9 Å². The normalized spacial score (nSPS) is 22.2. The second kappa shape index (κ2) is 10.8. The lowest BCUT2D eigenvalue weighted by molar-refractivity contribution is -0.135. The summed E-state index contributed by atoms with van der Waals surface area (Å²) in [4.78, 5) is 42.4. The fraction of sp³-hybridized carbons (Fsp3) is 0.387. The van der Waals surface area contributed by atoms with Gasteiger partial charge >= 0.3 is 0 Å². The molecule has 2 fully saturated rings. The minimum atomic E-state index is -0.327. The van der Waals surface area contributed by atoms with Crippen LogP contribution in [0, 0.1) is 0 Å². The molecule has 1 amide bonds. The predicted octanol–water partition coefficient (Wildman–Crippen LogP) is 4.66. The topological polar surface area (TPSA) is 134 Å². The number of rotatable bonds is 6. The predicted molar refractivity (Wildman–Crippen MR) is 158 cm³/mol. The molecule has 4 aromatic rings. The van der Waals surface area contributed by atoms with Gasteiger partial charge < -0.3 is 10.2 Å². The van der Waals surface area contributed by atoms with Gasteiger partial charge in [-0.05, 0) is 51.7 Å². The molecule has 11 nitrogen and oxygen atoms in total. The molecule has 0 aromatic carbocycles. The zero-order valence-electron chi connectivity index (χ0n) is 24.0. The summed E-state index contributed by atoms with van der Waals surface area (Å²) in [6.07, 6.45) is 11.9. The Bertz CT molecular complexity index is 1760. The third-order valence-electron chi connectivity index (χ3n) is 8.92. The summed E-state index contributed by atoms with van der Waals surface area (Å²) < 4.78 is 16.1. The molecule has 220 valence electrons. The zero-order chi connectivity index (χ0) is 29.7. The largest absolute Gasteiger partial charge is 0.369 e. The van der Waals surface area contributed by atoms with Gasteiger partial charge in [0.1, 0.15) is 23.8 Å². The molecule has 4 aromatic heterocycles. The van der Waals surface area contributed by atoms with Gasteiger partial charge in [-0.15, -0.1) is 0 Å². The lowest BCUT2D eigenvalue weighted by Crippen LogP contribution is -2.47. The van der Waals surface area contributed by atoms with Crippen molar-refractivity contribution in [3.05, 3.63) is 71.6 Å². The number of carbonyl (C=O) groups is 2. The van der Waals surface area contributed by atoms with E-state index >= 15 is 0 Å². The summed E-state index contributed by atoms with van der Waals surface area (Å²) in [6.45, 7) is 4.00. The van der Waals surface area contributed by atoms with Crippen LogP contribution in [0.25, 0.3) is 22.3 Å². The number of pyridine rings is 1. The summed E-state index contributed by atoms with van der Waals surface area (Å²) in [5, 5.41) is 14.7. The van der Waals surface area contributed by atoms with Crippen LogP contribution in [0.5, 0.6) is 0 Å². The average molecular weight is 582 g/mol. The van der Waals surface area contributed by atoms with E-state index < -0.39 is 0 Å². The molecule has 0 saturated carbocycles. The van der Waals surface area contributed by atoms with Crippen LogP contribution in [0.2, 0.25) is 0 Å². The third kappa shape index (κ3) is 4.70. The van der Waals surface area contributed by atoms with E-state index in [0.717, 1.165) is 42.5 Å². The summed E-state index contributed by atoms with van der Waals surface area (Å²) in [5.41, 5.74) is 4.60. The van der Waals surface area contributed by atoms with Crippen LogP contribution in [0.4, 0.5) is 10.2 Å². The maximum absolute atomic E-state index is 14.4. The fourth-order valence-electron chi connectivity index (χ4n) is 6.89. The standard InChI is InChI=1S/C31H32FN9O2/c1-3-4-23(32)17(2)24-8-5-18(14-34-24)22-15-37-41-30(22)38-29(28-25(42)9-10-33-31(28)41)19-11-20-6-7-21(12-19)40(20)27(43)13-26-35-16-36-39-26/h3-5,8,14-16,19-21,33H,6-7,9-13H2,1-2H3,(H,35,36,39). The summed E-state index contributed by atoms with van der Waals surface area (Å²) in [5.74, 6) is 1.04. The number of fused-ring (bicyclic) bond motifs is 5. The number of Topliss-reactive ketones (excluding diaryl/α,β-unsaturated/α-hetero) is 1. The number of ketones is 1. The number of allylic oxidation sites excluding steroid dienone is 4. The molecule has 12 heteroatoms. The van der Waals surface area contributed by atoms with E-state index in [-0.39, 0.29) is 41.9 Å². The lowest BCUT2D eigenvalue weighted by atomic mass is 9.84. The number of piperidine rings is 1. The maximum atomic E-state index is 14.4. The van der Waals surface area contributed by atoms with Crippen molar-refractivity contribution in [3.8, 4) is 11.1 Å². The molecular weight excluding hydrogens is 549 g/mol. The maximum Gasteiger partial charge on any atom is 0.230 e. The van der Waals surface area contributed by atoms with E-state index in [2.05, 4.69) is 30.6 Å². The van der Waals surface area contributed by atoms with Crippen molar-refractivity contribution >= 4 is 28.7 Å². The quantitative estimate of drug-likeness (QED) is 0.314. The van der Waals surface area contributed by atoms with Crippen LogP contribution in [0.15, 0.2) is 48.8 Å². The highest BCUT2D eigenvalue weighted by Crippen LogP contribution is 2.45. The van der Waals surface area contributed by atoms with Gasteiger partial charge in [-0.2, -0.15) is 14.7 Å². The zero-order valence-corrected chi connectivity index (χ0v) is 24.0. The van der Waals surface area contributed by atoms with Crippen molar-refractivity contribution in [2.45, 2.75) is 70.4 Å². The van der Waals surface area contributed by atoms with Crippen LogP contribution < -0.4 is 5.32 Å². The number of nitrogens with one attached hydrogen (secondary N) is 2. The number of hydrogen-bond donors (Lipinski definition) is 2. The van der Waals surface area contributed by atoms with Crippen molar-refractivity contribution in [3.63, 3.8) is 0 Å². The monoisotopic (exact) mass is 581 g/mol. The molecule has 2 N–H and O–H groups in total. The minimum absolute atomic E-state index is 0.0278. The van der Waals surface area contributed by atoms with E-state index in [1.807, 2.05) is 11.0 Å². The molecule has 7 heterocycles. The number of aromatic amines is 1. The molecule has 2 saturated heterocycles. The molecule has 3 aliphatic heterocycles. The Kier molecular flexibility index (Phi) is 6.83. The summed E-state index contributed by atoms with van der Waals surface area (Å²) >= 11 is 0. The molecule has 0 spiro atoms. The molecule has 2 bridgehead atoms. The first-order valence-electron chi connectivity index (χ1n) is 14.7. The summed E-state index contributed by atoms with van der Waals surface area (Å²) in [7, 11) is 0. The molecular formula is C31H32FN9O2. The molecule has 2 atom stereocenters. The Morgan fingerprint density at radius 3 is 2.67 bits per heavy atom. The van der Waals surface area contributed by atoms with E-state index in [9.17, 15) is 14.0 Å². The molecule has 2 unspecified atom stereocenters. The number of carbonyl (C=O) groups excluding carboxylic acids is 2. The Morgan fingerprint density at radius 1 is 1.16 bits per heavy atom. The summed E-state index contributed by atoms with van der Waals surface area (Å²) in [6, 6.07) is 3.85. The third-order valence-corrected chi connectivity index (χ3v) is 8.92. The van der Waals surface area contributed by atoms with E-state index in [4.69, 9.17) is 4.98 Å². The van der Waals surface area contributed by atoms with Crippen LogP contribution in [0.1, 0.15) is 79.4 Å². The second-order valence-electron chi connectivity index (χ2n) is 11.5. The molecule has 43 heavy (non-hydrogen) atoms. The number of H-pyrrole nitrogens is 1. The SMILES string of the molecule is CC=CC(F)=C(C)c1ccc(-c2cnn3c4c(c(C5CC6CCC(C5)N6C(=O)Cc5ncn[nH]5)nc23)C(=O)CCN4)cn1. The van der Waals surface area contributed by atoms with Gasteiger partial charge in [-0.3, -0.25) is 19.7 Å². The first-order valence-corrected chi connectivity index (χ1v) is 14.7. The van der Waals surface area contributed by atoms with Gasteiger partial charge in [-0.25, -0.2) is 14.4 Å². The van der Waals surface area contributed by atoms with Crippen LogP contribution >= 0.6 is 0 Å². The number of nitrogens with zero attached hydrogens (tertiary/aromatic N) is 7. The minimum Gasteiger partial charge on any atom is -0.369 e. The first-order chi connectivity index (χ1) is 20.9. The lowest BCUT2D eigenvalue weighted by Gasteiger charge is -2.39. The van der Waals surface area contributed by atoms with E-state index in [1.54, 1.807) is 42.9 Å². The van der Waals surface area contributed by atoms with Gasteiger partial charge in [0.2, 0.25) is 5.91 Å². The van der Waals surface area contributed by atoms with Crippen LogP contribution in [-0.4, -0.2) is 70.0 Å². The van der Waals surface area contributed by atoms with Crippen molar-refractivity contribution < 1.29 is 14.0 Å². The Hall–Kier alpha value is -4.74. The highest BCUT2D eigenvalue weighted by atomic mass is 19.1.